The topological polar surface area (TPSA) is 47.5 Å². The molecule has 5 nitrogen and oxygen atoms in total. The first-order valence-electron chi connectivity index (χ1n) is 7.13. The second-order valence-corrected chi connectivity index (χ2v) is 5.18. The van der Waals surface area contributed by atoms with Crippen molar-refractivity contribution in [2.75, 3.05) is 37.1 Å². The summed E-state index contributed by atoms with van der Waals surface area (Å²) >= 11 is 5.65. The molecule has 0 amide bonds. The van der Waals surface area contributed by atoms with E-state index < -0.39 is 0 Å². The lowest BCUT2D eigenvalue weighted by Gasteiger charge is -2.33. The molecule has 112 valence electrons. The van der Waals surface area contributed by atoms with Crippen LogP contribution in [0.15, 0.2) is 6.33 Å². The molecule has 6 heteroatoms. The Labute approximate surface area is 125 Å². The Morgan fingerprint density at radius 2 is 2.10 bits per heavy atom. The van der Waals surface area contributed by atoms with Gasteiger partial charge < -0.3 is 14.4 Å². The lowest BCUT2D eigenvalue weighted by molar-refractivity contribution is 0.0470. The van der Waals surface area contributed by atoms with E-state index in [2.05, 4.69) is 14.9 Å². The number of alkyl halides is 1. The molecule has 1 fully saturated rings. The van der Waals surface area contributed by atoms with Crippen LogP contribution < -0.4 is 9.64 Å². The van der Waals surface area contributed by atoms with Crippen molar-refractivity contribution in [1.82, 2.24) is 9.97 Å². The van der Waals surface area contributed by atoms with Gasteiger partial charge in [-0.15, -0.1) is 11.6 Å². The molecule has 0 aliphatic carbocycles. The Hall–Kier alpha value is -1.07. The normalized spacial score (nSPS) is 16.4. The van der Waals surface area contributed by atoms with Crippen LogP contribution in [-0.4, -0.2) is 48.3 Å². The molecule has 1 aliphatic rings. The highest BCUT2D eigenvalue weighted by molar-refractivity contribution is 6.17. The summed E-state index contributed by atoms with van der Waals surface area (Å²) in [5.41, 5.74) is 1.01. The van der Waals surface area contributed by atoms with Crippen LogP contribution in [0, 0.1) is 6.92 Å². The molecule has 1 aromatic rings. The van der Waals surface area contributed by atoms with E-state index in [4.69, 9.17) is 21.1 Å². The summed E-state index contributed by atoms with van der Waals surface area (Å²) in [5, 5.41) is 0. The van der Waals surface area contributed by atoms with Crippen LogP contribution in [0.1, 0.15) is 25.3 Å². The SMILES string of the molecule is CCOc1ncnc(N2CCC(OCCCl)CC2)c1C. The first kappa shape index (κ1) is 15.3. The van der Waals surface area contributed by atoms with E-state index in [1.54, 1.807) is 6.33 Å². The van der Waals surface area contributed by atoms with Gasteiger partial charge in [-0.2, -0.15) is 0 Å². The minimum absolute atomic E-state index is 0.318. The van der Waals surface area contributed by atoms with Gasteiger partial charge in [0.25, 0.3) is 0 Å². The lowest BCUT2D eigenvalue weighted by atomic mass is 10.1. The number of piperidine rings is 1. The number of halogens is 1. The number of hydrogen-bond donors (Lipinski definition) is 0. The first-order chi connectivity index (χ1) is 9.76. The Kier molecular flexibility index (Phi) is 5.86. The first-order valence-corrected chi connectivity index (χ1v) is 7.66. The van der Waals surface area contributed by atoms with Crippen LogP contribution in [0.25, 0.3) is 0 Å². The minimum atomic E-state index is 0.318. The van der Waals surface area contributed by atoms with Gasteiger partial charge in [0.15, 0.2) is 0 Å². The fraction of sp³-hybridized carbons (Fsp3) is 0.714. The second kappa shape index (κ2) is 7.64. The summed E-state index contributed by atoms with van der Waals surface area (Å²) in [6.45, 7) is 7.10. The van der Waals surface area contributed by atoms with Gasteiger partial charge in [0, 0.05) is 19.0 Å². The van der Waals surface area contributed by atoms with Crippen LogP contribution in [0.4, 0.5) is 5.82 Å². The summed E-state index contributed by atoms with van der Waals surface area (Å²) in [6, 6.07) is 0. The van der Waals surface area contributed by atoms with E-state index in [9.17, 15) is 0 Å². The lowest BCUT2D eigenvalue weighted by Crippen LogP contribution is -2.38. The van der Waals surface area contributed by atoms with Crippen LogP contribution >= 0.6 is 11.6 Å². The molecule has 0 aromatic carbocycles. The van der Waals surface area contributed by atoms with Crippen LogP contribution in [0.2, 0.25) is 0 Å². The Morgan fingerprint density at radius 1 is 1.35 bits per heavy atom. The van der Waals surface area contributed by atoms with Crippen LogP contribution in [0.5, 0.6) is 5.88 Å². The molecular formula is C14H22ClN3O2. The van der Waals surface area contributed by atoms with Crippen molar-refractivity contribution < 1.29 is 9.47 Å². The molecule has 1 saturated heterocycles. The van der Waals surface area contributed by atoms with Crippen molar-refractivity contribution in [2.45, 2.75) is 32.8 Å². The molecule has 0 atom stereocenters. The molecule has 0 saturated carbocycles. The molecule has 1 aliphatic heterocycles. The number of nitrogens with zero attached hydrogens (tertiary/aromatic N) is 3. The zero-order chi connectivity index (χ0) is 14.4. The van der Waals surface area contributed by atoms with Gasteiger partial charge in [-0.1, -0.05) is 0 Å². The molecule has 0 bridgehead atoms. The smallest absolute Gasteiger partial charge is 0.221 e. The van der Waals surface area contributed by atoms with Gasteiger partial charge in [0.05, 0.1) is 24.9 Å². The highest BCUT2D eigenvalue weighted by Crippen LogP contribution is 2.27. The third-order valence-corrected chi connectivity index (χ3v) is 3.62. The average molecular weight is 300 g/mol. The highest BCUT2D eigenvalue weighted by atomic mass is 35.5. The monoisotopic (exact) mass is 299 g/mol. The number of anilines is 1. The van der Waals surface area contributed by atoms with Crippen molar-refractivity contribution in [3.63, 3.8) is 0 Å². The van der Waals surface area contributed by atoms with Crippen molar-refractivity contribution in [1.29, 1.82) is 0 Å². The van der Waals surface area contributed by atoms with Gasteiger partial charge in [-0.25, -0.2) is 9.97 Å². The van der Waals surface area contributed by atoms with Crippen molar-refractivity contribution in [3.05, 3.63) is 11.9 Å². The van der Waals surface area contributed by atoms with Crippen molar-refractivity contribution >= 4 is 17.4 Å². The van der Waals surface area contributed by atoms with Crippen LogP contribution in [-0.2, 0) is 4.74 Å². The summed E-state index contributed by atoms with van der Waals surface area (Å²) in [6.07, 6.45) is 3.90. The summed E-state index contributed by atoms with van der Waals surface area (Å²) in [4.78, 5) is 10.9. The quantitative estimate of drug-likeness (QED) is 0.755. The number of ether oxygens (including phenoxy) is 2. The predicted molar refractivity (Wildman–Crippen MR) is 79.8 cm³/mol. The Balaban J connectivity index is 1.98. The number of hydrogen-bond acceptors (Lipinski definition) is 5. The molecule has 0 unspecified atom stereocenters. The molecule has 2 rings (SSSR count). The van der Waals surface area contributed by atoms with Gasteiger partial charge in [0.1, 0.15) is 12.1 Å². The zero-order valence-electron chi connectivity index (χ0n) is 12.1. The average Bonchev–Trinajstić information content (AvgIpc) is 2.48. The van der Waals surface area contributed by atoms with Gasteiger partial charge in [-0.05, 0) is 26.7 Å². The van der Waals surface area contributed by atoms with Gasteiger partial charge in [-0.3, -0.25) is 0 Å². The summed E-state index contributed by atoms with van der Waals surface area (Å²) < 4.78 is 11.2. The second-order valence-electron chi connectivity index (χ2n) is 4.81. The molecule has 0 N–H and O–H groups in total. The van der Waals surface area contributed by atoms with E-state index in [1.165, 1.54) is 0 Å². The Morgan fingerprint density at radius 3 is 2.75 bits per heavy atom. The maximum absolute atomic E-state index is 5.69. The predicted octanol–water partition coefficient (Wildman–Crippen LogP) is 2.41. The largest absolute Gasteiger partial charge is 0.478 e. The number of aromatic nitrogens is 2. The molecule has 0 spiro atoms. The van der Waals surface area contributed by atoms with E-state index >= 15 is 0 Å². The zero-order valence-corrected chi connectivity index (χ0v) is 12.9. The van der Waals surface area contributed by atoms with Crippen LogP contribution in [0.3, 0.4) is 0 Å². The third kappa shape index (κ3) is 3.73. The van der Waals surface area contributed by atoms with Gasteiger partial charge >= 0.3 is 0 Å². The fourth-order valence-electron chi connectivity index (χ4n) is 2.47. The van der Waals surface area contributed by atoms with Crippen molar-refractivity contribution in [3.8, 4) is 5.88 Å². The Bertz CT molecular complexity index is 423. The molecular weight excluding hydrogens is 278 g/mol. The molecule has 20 heavy (non-hydrogen) atoms. The summed E-state index contributed by atoms with van der Waals surface area (Å²) in [5.74, 6) is 2.21. The summed E-state index contributed by atoms with van der Waals surface area (Å²) in [7, 11) is 0. The maximum Gasteiger partial charge on any atom is 0.221 e. The van der Waals surface area contributed by atoms with E-state index in [0.717, 1.165) is 37.3 Å². The van der Waals surface area contributed by atoms with E-state index in [1.807, 2.05) is 13.8 Å². The molecule has 1 aromatic heterocycles. The molecule has 2 heterocycles. The third-order valence-electron chi connectivity index (χ3n) is 3.46. The fourth-order valence-corrected chi connectivity index (χ4v) is 2.56. The maximum atomic E-state index is 5.69. The van der Waals surface area contributed by atoms with E-state index in [-0.39, 0.29) is 0 Å². The van der Waals surface area contributed by atoms with Crippen molar-refractivity contribution in [2.24, 2.45) is 0 Å². The highest BCUT2D eigenvalue weighted by Gasteiger charge is 2.22. The standard InChI is InChI=1S/C14H22ClN3O2/c1-3-19-14-11(2)13(16-10-17-14)18-7-4-12(5-8-18)20-9-6-15/h10,12H,3-9H2,1-2H3. The van der Waals surface area contributed by atoms with E-state index in [0.29, 0.717) is 31.1 Å². The minimum Gasteiger partial charge on any atom is -0.478 e. The number of rotatable bonds is 6. The molecule has 0 radical (unpaired) electrons. The van der Waals surface area contributed by atoms with Gasteiger partial charge in [0.2, 0.25) is 5.88 Å².